The van der Waals surface area contributed by atoms with Crippen LogP contribution in [0.3, 0.4) is 0 Å². The van der Waals surface area contributed by atoms with Crippen LogP contribution in [-0.2, 0) is 22.4 Å². The van der Waals surface area contributed by atoms with E-state index in [1.54, 1.807) is 36.7 Å². The SMILES string of the molecule is CC(OC(=O)c1ccc(-c2ncc[nH]2)cc1)C(=O)Nc1sc2c(c1C#N)CCC(C(C)(C)C)C2. The van der Waals surface area contributed by atoms with Crippen molar-refractivity contribution in [2.24, 2.45) is 11.3 Å². The highest BCUT2D eigenvalue weighted by molar-refractivity contribution is 7.16. The van der Waals surface area contributed by atoms with Crippen LogP contribution in [0.2, 0.25) is 0 Å². The van der Waals surface area contributed by atoms with Crippen LogP contribution in [0.25, 0.3) is 11.4 Å². The van der Waals surface area contributed by atoms with Crippen LogP contribution in [0.5, 0.6) is 0 Å². The third-order valence-electron chi connectivity index (χ3n) is 6.38. The highest BCUT2D eigenvalue weighted by Gasteiger charge is 2.33. The molecule has 34 heavy (non-hydrogen) atoms. The van der Waals surface area contributed by atoms with Crippen LogP contribution in [0.15, 0.2) is 36.7 Å². The third kappa shape index (κ3) is 4.90. The quantitative estimate of drug-likeness (QED) is 0.483. The second-order valence-electron chi connectivity index (χ2n) is 9.68. The fraction of sp³-hybridized carbons (Fsp3) is 0.385. The monoisotopic (exact) mass is 476 g/mol. The first-order valence-electron chi connectivity index (χ1n) is 11.3. The minimum Gasteiger partial charge on any atom is -0.449 e. The Morgan fingerprint density at radius 3 is 2.65 bits per heavy atom. The summed E-state index contributed by atoms with van der Waals surface area (Å²) in [7, 11) is 0. The molecule has 1 aromatic carbocycles. The van der Waals surface area contributed by atoms with Gasteiger partial charge in [0, 0.05) is 22.8 Å². The minimum atomic E-state index is -1.01. The van der Waals surface area contributed by atoms with E-state index in [0.29, 0.717) is 27.9 Å². The molecule has 0 spiro atoms. The molecule has 0 bridgehead atoms. The van der Waals surface area contributed by atoms with E-state index in [0.717, 1.165) is 30.4 Å². The number of H-pyrrole nitrogens is 1. The van der Waals surface area contributed by atoms with Gasteiger partial charge in [0.05, 0.1) is 11.1 Å². The molecule has 0 aliphatic heterocycles. The third-order valence-corrected chi connectivity index (χ3v) is 7.55. The van der Waals surface area contributed by atoms with Crippen molar-refractivity contribution >= 4 is 28.2 Å². The Hall–Kier alpha value is -3.44. The largest absolute Gasteiger partial charge is 0.449 e. The van der Waals surface area contributed by atoms with E-state index in [9.17, 15) is 14.9 Å². The molecule has 8 heteroatoms. The van der Waals surface area contributed by atoms with Crippen LogP contribution in [0, 0.1) is 22.7 Å². The lowest BCUT2D eigenvalue weighted by Gasteiger charge is -2.33. The fourth-order valence-electron chi connectivity index (χ4n) is 4.21. The highest BCUT2D eigenvalue weighted by atomic mass is 32.1. The van der Waals surface area contributed by atoms with Crippen molar-refractivity contribution in [2.45, 2.75) is 53.1 Å². The van der Waals surface area contributed by atoms with Crippen molar-refractivity contribution < 1.29 is 14.3 Å². The number of imidazole rings is 1. The maximum atomic E-state index is 12.8. The number of carbonyl (C=O) groups excluding carboxylic acids is 2. The van der Waals surface area contributed by atoms with Gasteiger partial charge < -0.3 is 15.0 Å². The number of thiophene rings is 1. The van der Waals surface area contributed by atoms with Gasteiger partial charge in [0.2, 0.25) is 0 Å². The number of nitrogens with one attached hydrogen (secondary N) is 2. The molecule has 4 rings (SSSR count). The molecule has 1 aliphatic rings. The standard InChI is InChI=1S/C26H28N4O3S/c1-15(33-25(32)17-7-5-16(6-8-17)22-28-11-12-29-22)23(31)30-24-20(14-27)19-10-9-18(26(2,3)4)13-21(19)34-24/h5-8,11-12,15,18H,9-10,13H2,1-4H3,(H,28,29)(H,30,31). The summed E-state index contributed by atoms with van der Waals surface area (Å²) in [5.41, 5.74) is 2.95. The zero-order chi connectivity index (χ0) is 24.5. The number of ether oxygens (including phenoxy) is 1. The number of amides is 1. The number of aromatic nitrogens is 2. The Labute approximate surface area is 203 Å². The van der Waals surface area contributed by atoms with Gasteiger partial charge in [-0.05, 0) is 55.2 Å². The number of fused-ring (bicyclic) bond motifs is 1. The van der Waals surface area contributed by atoms with Crippen LogP contribution in [-0.4, -0.2) is 27.9 Å². The summed E-state index contributed by atoms with van der Waals surface area (Å²) in [6.45, 7) is 8.25. The molecular formula is C26H28N4O3S. The summed E-state index contributed by atoms with van der Waals surface area (Å²) < 4.78 is 5.39. The Morgan fingerprint density at radius 1 is 1.29 bits per heavy atom. The Bertz CT molecular complexity index is 1230. The molecule has 2 N–H and O–H groups in total. The molecule has 0 fully saturated rings. The second-order valence-corrected chi connectivity index (χ2v) is 10.8. The molecule has 1 amide bonds. The first-order chi connectivity index (χ1) is 16.2. The number of hydrogen-bond donors (Lipinski definition) is 2. The van der Waals surface area contributed by atoms with Gasteiger partial charge in [0.15, 0.2) is 6.10 Å². The zero-order valence-electron chi connectivity index (χ0n) is 19.8. The van der Waals surface area contributed by atoms with Crippen molar-refractivity contribution in [2.75, 3.05) is 5.32 Å². The Balaban J connectivity index is 1.41. The molecule has 0 saturated heterocycles. The number of hydrogen-bond acceptors (Lipinski definition) is 6. The minimum absolute atomic E-state index is 0.191. The van der Waals surface area contributed by atoms with E-state index < -0.39 is 18.0 Å². The first kappa shape index (κ1) is 23.7. The Kier molecular flexibility index (Phi) is 6.58. The van der Waals surface area contributed by atoms with Gasteiger partial charge in [0.25, 0.3) is 5.91 Å². The molecule has 3 aromatic rings. The van der Waals surface area contributed by atoms with E-state index in [2.05, 4.69) is 42.1 Å². The average Bonchev–Trinajstić information content (AvgIpc) is 3.45. The van der Waals surface area contributed by atoms with Gasteiger partial charge in [-0.15, -0.1) is 11.3 Å². The van der Waals surface area contributed by atoms with Gasteiger partial charge in [-0.2, -0.15) is 5.26 Å². The van der Waals surface area contributed by atoms with Crippen molar-refractivity contribution in [1.29, 1.82) is 5.26 Å². The number of benzene rings is 1. The molecule has 0 radical (unpaired) electrons. The number of nitriles is 1. The lowest BCUT2D eigenvalue weighted by Crippen LogP contribution is -2.30. The number of aromatic amines is 1. The van der Waals surface area contributed by atoms with E-state index in [4.69, 9.17) is 4.74 Å². The molecule has 2 atom stereocenters. The highest BCUT2D eigenvalue weighted by Crippen LogP contribution is 2.44. The maximum Gasteiger partial charge on any atom is 0.338 e. The number of anilines is 1. The van der Waals surface area contributed by atoms with Crippen LogP contribution >= 0.6 is 11.3 Å². The van der Waals surface area contributed by atoms with E-state index in [-0.39, 0.29) is 5.41 Å². The molecular weight excluding hydrogens is 448 g/mol. The summed E-state index contributed by atoms with van der Waals surface area (Å²) >= 11 is 1.46. The zero-order valence-corrected chi connectivity index (χ0v) is 20.6. The van der Waals surface area contributed by atoms with Gasteiger partial charge in [-0.3, -0.25) is 4.79 Å². The number of rotatable bonds is 5. The molecule has 176 valence electrons. The molecule has 7 nitrogen and oxygen atoms in total. The normalized spacial score (nSPS) is 16.3. The molecule has 0 saturated carbocycles. The van der Waals surface area contributed by atoms with Crippen molar-refractivity contribution in [1.82, 2.24) is 9.97 Å². The number of esters is 1. The summed E-state index contributed by atoms with van der Waals surface area (Å²) in [6, 6.07) is 9.07. The van der Waals surface area contributed by atoms with Crippen LogP contribution < -0.4 is 5.32 Å². The molecule has 2 aromatic heterocycles. The molecule has 1 aliphatic carbocycles. The van der Waals surface area contributed by atoms with E-state index in [1.165, 1.54) is 23.1 Å². The number of nitrogens with zero attached hydrogens (tertiary/aromatic N) is 2. The van der Waals surface area contributed by atoms with Gasteiger partial charge in [-0.1, -0.05) is 32.9 Å². The maximum absolute atomic E-state index is 12.8. The van der Waals surface area contributed by atoms with Crippen molar-refractivity contribution in [3.63, 3.8) is 0 Å². The van der Waals surface area contributed by atoms with E-state index >= 15 is 0 Å². The van der Waals surface area contributed by atoms with Crippen molar-refractivity contribution in [3.05, 3.63) is 58.2 Å². The summed E-state index contributed by atoms with van der Waals surface area (Å²) in [5.74, 6) is 0.192. The van der Waals surface area contributed by atoms with E-state index in [1.807, 2.05) is 0 Å². The fourth-order valence-corrected chi connectivity index (χ4v) is 5.50. The predicted molar refractivity (Wildman–Crippen MR) is 132 cm³/mol. The van der Waals surface area contributed by atoms with Crippen molar-refractivity contribution in [3.8, 4) is 17.5 Å². The van der Waals surface area contributed by atoms with Gasteiger partial charge in [-0.25, -0.2) is 9.78 Å². The summed E-state index contributed by atoms with van der Waals surface area (Å²) in [6.07, 6.45) is 5.15. The molecule has 2 unspecified atom stereocenters. The smallest absolute Gasteiger partial charge is 0.338 e. The van der Waals surface area contributed by atoms with Gasteiger partial charge in [0.1, 0.15) is 16.9 Å². The molecule has 2 heterocycles. The predicted octanol–water partition coefficient (Wildman–Crippen LogP) is 5.34. The summed E-state index contributed by atoms with van der Waals surface area (Å²) in [4.78, 5) is 33.7. The lowest BCUT2D eigenvalue weighted by molar-refractivity contribution is -0.123. The van der Waals surface area contributed by atoms with Gasteiger partial charge >= 0.3 is 5.97 Å². The second kappa shape index (κ2) is 9.43. The summed E-state index contributed by atoms with van der Waals surface area (Å²) in [5, 5.41) is 13.1. The topological polar surface area (TPSA) is 108 Å². The average molecular weight is 477 g/mol. The first-order valence-corrected chi connectivity index (χ1v) is 12.1. The van der Waals surface area contributed by atoms with Crippen LogP contribution in [0.1, 0.15) is 60.5 Å². The lowest BCUT2D eigenvalue weighted by atomic mass is 9.72. The Morgan fingerprint density at radius 2 is 2.03 bits per heavy atom. The van der Waals surface area contributed by atoms with Crippen LogP contribution in [0.4, 0.5) is 5.00 Å². The number of carbonyl (C=O) groups is 2.